The Morgan fingerprint density at radius 1 is 1.58 bits per heavy atom. The van der Waals surface area contributed by atoms with Gasteiger partial charge in [0.15, 0.2) is 0 Å². The number of aliphatic carboxylic acids is 1. The van der Waals surface area contributed by atoms with E-state index < -0.39 is 12.1 Å². The maximum atomic E-state index is 10.4. The zero-order valence-electron chi connectivity index (χ0n) is 7.03. The van der Waals surface area contributed by atoms with Crippen molar-refractivity contribution >= 4 is 5.97 Å². The van der Waals surface area contributed by atoms with Crippen LogP contribution >= 0.6 is 0 Å². The monoisotopic (exact) mass is 174 g/mol. The van der Waals surface area contributed by atoms with E-state index in [0.717, 1.165) is 0 Å². The van der Waals surface area contributed by atoms with E-state index in [1.54, 1.807) is 6.92 Å². The van der Waals surface area contributed by atoms with E-state index in [1.165, 1.54) is 6.08 Å². The molecule has 0 aliphatic carbocycles. The van der Waals surface area contributed by atoms with Crippen molar-refractivity contribution in [3.8, 4) is 0 Å². The number of carbonyl (C=O) groups is 1. The molecule has 0 aromatic rings. The van der Waals surface area contributed by atoms with Crippen LogP contribution in [-0.2, 0) is 4.79 Å². The van der Waals surface area contributed by atoms with Crippen molar-refractivity contribution in [2.75, 3.05) is 6.61 Å². The molecule has 12 heavy (non-hydrogen) atoms. The van der Waals surface area contributed by atoms with Gasteiger partial charge in [-0.25, -0.2) is 4.79 Å². The third-order valence-corrected chi connectivity index (χ3v) is 1.50. The predicted octanol–water partition coefficient (Wildman–Crippen LogP) is 0.151. The fraction of sp³-hybridized carbons (Fsp3) is 0.625. The van der Waals surface area contributed by atoms with E-state index >= 15 is 0 Å². The van der Waals surface area contributed by atoms with E-state index in [1.807, 2.05) is 0 Å². The second kappa shape index (κ2) is 5.74. The van der Waals surface area contributed by atoms with Gasteiger partial charge in [-0.2, -0.15) is 0 Å². The van der Waals surface area contributed by atoms with Crippen LogP contribution in [0.3, 0.4) is 0 Å². The van der Waals surface area contributed by atoms with Gasteiger partial charge in [-0.3, -0.25) is 0 Å². The number of hydrogen-bond donors (Lipinski definition) is 3. The molecule has 4 heteroatoms. The van der Waals surface area contributed by atoms with Crippen LogP contribution in [0.5, 0.6) is 0 Å². The Hall–Kier alpha value is -0.870. The summed E-state index contributed by atoms with van der Waals surface area (Å²) in [7, 11) is 0. The fourth-order valence-corrected chi connectivity index (χ4v) is 0.736. The molecule has 3 N–H and O–H groups in total. The summed E-state index contributed by atoms with van der Waals surface area (Å²) in [6.45, 7) is 1.39. The molecule has 0 aliphatic rings. The van der Waals surface area contributed by atoms with Gasteiger partial charge in [0.25, 0.3) is 0 Å². The molecule has 0 amide bonds. The summed E-state index contributed by atoms with van der Waals surface area (Å²) in [6.07, 6.45) is 1.19. The second-order valence-electron chi connectivity index (χ2n) is 2.46. The van der Waals surface area contributed by atoms with Crippen LogP contribution in [0.2, 0.25) is 0 Å². The van der Waals surface area contributed by atoms with Crippen LogP contribution in [0.1, 0.15) is 19.8 Å². The molecule has 0 rings (SSSR count). The molecule has 0 saturated carbocycles. The Bertz CT molecular complexity index is 174. The first-order valence-electron chi connectivity index (χ1n) is 3.83. The largest absolute Gasteiger partial charge is 0.478 e. The number of aliphatic hydroxyl groups excluding tert-OH is 2. The van der Waals surface area contributed by atoms with Crippen LogP contribution in [0, 0.1) is 0 Å². The normalized spacial score (nSPS) is 14.4. The average molecular weight is 174 g/mol. The number of carboxylic acid groups (broad SMARTS) is 1. The number of hydrogen-bond acceptors (Lipinski definition) is 3. The van der Waals surface area contributed by atoms with Gasteiger partial charge in [-0.1, -0.05) is 13.0 Å². The average Bonchev–Trinajstić information content (AvgIpc) is 2.04. The summed E-state index contributed by atoms with van der Waals surface area (Å²) in [4.78, 5) is 10.4. The maximum absolute atomic E-state index is 10.4. The lowest BCUT2D eigenvalue weighted by atomic mass is 10.1. The van der Waals surface area contributed by atoms with Gasteiger partial charge in [0, 0.05) is 5.57 Å². The summed E-state index contributed by atoms with van der Waals surface area (Å²) in [5, 5.41) is 25.9. The molecule has 0 fully saturated rings. The molecule has 4 nitrogen and oxygen atoms in total. The van der Waals surface area contributed by atoms with Crippen LogP contribution in [0.4, 0.5) is 0 Å². The fourth-order valence-electron chi connectivity index (χ4n) is 0.736. The van der Waals surface area contributed by atoms with E-state index in [2.05, 4.69) is 0 Å². The van der Waals surface area contributed by atoms with Crippen LogP contribution in [0.25, 0.3) is 0 Å². The summed E-state index contributed by atoms with van der Waals surface area (Å²) in [6, 6.07) is 0. The molecular weight excluding hydrogens is 160 g/mol. The van der Waals surface area contributed by atoms with Crippen LogP contribution in [-0.4, -0.2) is 34.0 Å². The highest BCUT2D eigenvalue weighted by atomic mass is 16.4. The Kier molecular flexibility index (Phi) is 5.32. The summed E-state index contributed by atoms with van der Waals surface area (Å²) in [5.74, 6) is -0.970. The number of aliphatic hydroxyl groups is 2. The minimum Gasteiger partial charge on any atom is -0.478 e. The van der Waals surface area contributed by atoms with Crippen molar-refractivity contribution in [1.82, 2.24) is 0 Å². The van der Waals surface area contributed by atoms with Crippen molar-refractivity contribution in [2.24, 2.45) is 0 Å². The maximum Gasteiger partial charge on any atom is 0.331 e. The lowest BCUT2D eigenvalue weighted by Crippen LogP contribution is -2.11. The van der Waals surface area contributed by atoms with Crippen molar-refractivity contribution in [3.05, 3.63) is 11.6 Å². The molecule has 0 aliphatic heterocycles. The molecule has 1 atom stereocenters. The first-order valence-corrected chi connectivity index (χ1v) is 3.83. The van der Waals surface area contributed by atoms with Crippen molar-refractivity contribution in [1.29, 1.82) is 0 Å². The number of carboxylic acids is 1. The van der Waals surface area contributed by atoms with Crippen molar-refractivity contribution in [2.45, 2.75) is 25.9 Å². The molecule has 1 unspecified atom stereocenters. The minimum absolute atomic E-state index is 0.186. The topological polar surface area (TPSA) is 77.8 Å². The number of rotatable bonds is 5. The van der Waals surface area contributed by atoms with Gasteiger partial charge in [0.1, 0.15) is 0 Å². The predicted molar refractivity (Wildman–Crippen MR) is 43.7 cm³/mol. The highest BCUT2D eigenvalue weighted by Gasteiger charge is 2.05. The van der Waals surface area contributed by atoms with Gasteiger partial charge in [-0.05, 0) is 12.8 Å². The van der Waals surface area contributed by atoms with E-state index in [-0.39, 0.29) is 18.6 Å². The van der Waals surface area contributed by atoms with Gasteiger partial charge >= 0.3 is 5.97 Å². The molecule has 0 aromatic carbocycles. The first-order chi connectivity index (χ1) is 5.61. The zero-order valence-corrected chi connectivity index (χ0v) is 7.03. The SMILES string of the molecule is CC/C(=C\CC(O)CO)C(=O)O. The minimum atomic E-state index is -0.970. The Balaban J connectivity index is 4.03. The van der Waals surface area contributed by atoms with E-state index in [4.69, 9.17) is 15.3 Å². The summed E-state index contributed by atoms with van der Waals surface area (Å²) >= 11 is 0. The Morgan fingerprint density at radius 2 is 2.17 bits per heavy atom. The van der Waals surface area contributed by atoms with E-state index in [0.29, 0.717) is 6.42 Å². The van der Waals surface area contributed by atoms with Gasteiger partial charge < -0.3 is 15.3 Å². The molecule has 0 heterocycles. The van der Waals surface area contributed by atoms with Gasteiger partial charge in [-0.15, -0.1) is 0 Å². The smallest absolute Gasteiger partial charge is 0.331 e. The molecule has 70 valence electrons. The molecule has 0 bridgehead atoms. The lowest BCUT2D eigenvalue weighted by molar-refractivity contribution is -0.132. The molecule has 0 radical (unpaired) electrons. The quantitative estimate of drug-likeness (QED) is 0.518. The summed E-state index contributed by atoms with van der Waals surface area (Å²) < 4.78 is 0. The molecule has 0 saturated heterocycles. The van der Waals surface area contributed by atoms with Crippen LogP contribution < -0.4 is 0 Å². The van der Waals surface area contributed by atoms with Gasteiger partial charge in [0.05, 0.1) is 12.7 Å². The Morgan fingerprint density at radius 3 is 2.50 bits per heavy atom. The lowest BCUT2D eigenvalue weighted by Gasteiger charge is -2.03. The highest BCUT2D eigenvalue weighted by molar-refractivity contribution is 5.86. The third-order valence-electron chi connectivity index (χ3n) is 1.50. The third kappa shape index (κ3) is 4.10. The standard InChI is InChI=1S/C8H14O4/c1-2-6(8(11)12)3-4-7(10)5-9/h3,7,9-10H,2,4-5H2,1H3,(H,11,12)/b6-3+. The molecular formula is C8H14O4. The van der Waals surface area contributed by atoms with E-state index in [9.17, 15) is 4.79 Å². The summed E-state index contributed by atoms with van der Waals surface area (Å²) in [5.41, 5.74) is 0.266. The van der Waals surface area contributed by atoms with Crippen LogP contribution in [0.15, 0.2) is 11.6 Å². The first kappa shape index (κ1) is 11.1. The highest BCUT2D eigenvalue weighted by Crippen LogP contribution is 2.03. The second-order valence-corrected chi connectivity index (χ2v) is 2.46. The van der Waals surface area contributed by atoms with Crippen molar-refractivity contribution < 1.29 is 20.1 Å². The van der Waals surface area contributed by atoms with Gasteiger partial charge in [0.2, 0.25) is 0 Å². The van der Waals surface area contributed by atoms with Crippen molar-refractivity contribution in [3.63, 3.8) is 0 Å². The Labute approximate surface area is 71.1 Å². The molecule has 0 aromatic heterocycles. The molecule has 0 spiro atoms. The zero-order chi connectivity index (χ0) is 9.56.